The SMILES string of the molecule is COc1ccc([C@@H]2OC(=O)[C@H](C)N2C(C)=O)cc1. The van der Waals surface area contributed by atoms with E-state index in [1.165, 1.54) is 11.8 Å². The van der Waals surface area contributed by atoms with Crippen molar-refractivity contribution < 1.29 is 19.1 Å². The van der Waals surface area contributed by atoms with Gasteiger partial charge in [-0.05, 0) is 31.2 Å². The topological polar surface area (TPSA) is 55.8 Å². The van der Waals surface area contributed by atoms with Crippen LogP contribution in [0.25, 0.3) is 0 Å². The Morgan fingerprint density at radius 3 is 2.44 bits per heavy atom. The lowest BCUT2D eigenvalue weighted by atomic mass is 10.1. The van der Waals surface area contributed by atoms with Crippen LogP contribution < -0.4 is 4.74 Å². The molecular formula is C13H15NO4. The smallest absolute Gasteiger partial charge is 0.330 e. The van der Waals surface area contributed by atoms with E-state index >= 15 is 0 Å². The van der Waals surface area contributed by atoms with Crippen molar-refractivity contribution in [2.75, 3.05) is 7.11 Å². The lowest BCUT2D eigenvalue weighted by Crippen LogP contribution is -2.35. The lowest BCUT2D eigenvalue weighted by molar-refractivity contribution is -0.143. The monoisotopic (exact) mass is 249 g/mol. The molecule has 5 heteroatoms. The van der Waals surface area contributed by atoms with Crippen LogP contribution in [-0.4, -0.2) is 29.9 Å². The first-order valence-corrected chi connectivity index (χ1v) is 5.68. The van der Waals surface area contributed by atoms with Crippen LogP contribution in [0.4, 0.5) is 0 Å². The molecular weight excluding hydrogens is 234 g/mol. The number of hydrogen-bond acceptors (Lipinski definition) is 4. The van der Waals surface area contributed by atoms with Gasteiger partial charge in [0.1, 0.15) is 11.8 Å². The molecule has 1 fully saturated rings. The van der Waals surface area contributed by atoms with E-state index in [9.17, 15) is 9.59 Å². The molecule has 0 saturated carbocycles. The van der Waals surface area contributed by atoms with E-state index in [2.05, 4.69) is 0 Å². The van der Waals surface area contributed by atoms with E-state index in [-0.39, 0.29) is 11.9 Å². The van der Waals surface area contributed by atoms with Gasteiger partial charge in [-0.1, -0.05) is 0 Å². The van der Waals surface area contributed by atoms with Gasteiger partial charge in [-0.15, -0.1) is 0 Å². The molecule has 0 aliphatic carbocycles. The highest BCUT2D eigenvalue weighted by Crippen LogP contribution is 2.32. The number of methoxy groups -OCH3 is 1. The molecule has 5 nitrogen and oxygen atoms in total. The average Bonchev–Trinajstić information content (AvgIpc) is 2.66. The number of nitrogens with zero attached hydrogens (tertiary/aromatic N) is 1. The Morgan fingerprint density at radius 2 is 1.94 bits per heavy atom. The van der Waals surface area contributed by atoms with Gasteiger partial charge in [-0.25, -0.2) is 4.79 Å². The number of amides is 1. The standard InChI is InChI=1S/C13H15NO4/c1-8-13(16)18-12(14(8)9(2)15)10-4-6-11(17-3)7-5-10/h4-8,12H,1-3H3/t8-,12-/m0/s1. The third kappa shape index (κ3) is 2.03. The Labute approximate surface area is 105 Å². The summed E-state index contributed by atoms with van der Waals surface area (Å²) < 4.78 is 10.3. The summed E-state index contributed by atoms with van der Waals surface area (Å²) in [6, 6.07) is 6.55. The Kier molecular flexibility index (Phi) is 3.23. The summed E-state index contributed by atoms with van der Waals surface area (Å²) in [6.45, 7) is 3.09. The van der Waals surface area contributed by atoms with E-state index in [0.717, 1.165) is 5.56 Å². The summed E-state index contributed by atoms with van der Waals surface area (Å²) in [6.07, 6.45) is -0.643. The zero-order chi connectivity index (χ0) is 13.3. The minimum absolute atomic E-state index is 0.186. The fourth-order valence-corrected chi connectivity index (χ4v) is 2.02. The van der Waals surface area contributed by atoms with E-state index in [4.69, 9.17) is 9.47 Å². The third-order valence-corrected chi connectivity index (χ3v) is 3.00. The molecule has 1 aromatic rings. The molecule has 96 valence electrons. The van der Waals surface area contributed by atoms with Crippen molar-refractivity contribution in [1.29, 1.82) is 0 Å². The van der Waals surface area contributed by atoms with Gasteiger partial charge in [-0.3, -0.25) is 9.69 Å². The zero-order valence-corrected chi connectivity index (χ0v) is 10.5. The summed E-state index contributed by atoms with van der Waals surface area (Å²) in [5, 5.41) is 0. The van der Waals surface area contributed by atoms with Gasteiger partial charge in [0.05, 0.1) is 7.11 Å². The van der Waals surface area contributed by atoms with Crippen LogP contribution in [-0.2, 0) is 14.3 Å². The lowest BCUT2D eigenvalue weighted by Gasteiger charge is -2.23. The number of rotatable bonds is 2. The second-order valence-corrected chi connectivity index (χ2v) is 4.16. The highest BCUT2D eigenvalue weighted by atomic mass is 16.6. The number of cyclic esters (lactones) is 1. The number of carbonyl (C=O) groups is 2. The molecule has 0 bridgehead atoms. The number of hydrogen-bond donors (Lipinski definition) is 0. The number of benzene rings is 1. The molecule has 0 N–H and O–H groups in total. The second-order valence-electron chi connectivity index (χ2n) is 4.16. The molecule has 1 aromatic carbocycles. The van der Waals surface area contributed by atoms with Crippen LogP contribution in [0.2, 0.25) is 0 Å². The molecule has 2 rings (SSSR count). The van der Waals surface area contributed by atoms with Gasteiger partial charge in [0.15, 0.2) is 0 Å². The molecule has 1 aliphatic heterocycles. The van der Waals surface area contributed by atoms with Crippen molar-refractivity contribution in [2.24, 2.45) is 0 Å². The maximum atomic E-state index is 11.6. The van der Waals surface area contributed by atoms with Crippen molar-refractivity contribution in [3.8, 4) is 5.75 Å². The molecule has 0 unspecified atom stereocenters. The van der Waals surface area contributed by atoms with Crippen LogP contribution >= 0.6 is 0 Å². The van der Waals surface area contributed by atoms with Crippen LogP contribution in [0.1, 0.15) is 25.6 Å². The minimum atomic E-state index is -0.643. The summed E-state index contributed by atoms with van der Waals surface area (Å²) in [7, 11) is 1.58. The Balaban J connectivity index is 2.30. The van der Waals surface area contributed by atoms with E-state index < -0.39 is 12.3 Å². The fourth-order valence-electron chi connectivity index (χ4n) is 2.02. The Bertz CT molecular complexity index is 468. The van der Waals surface area contributed by atoms with Gasteiger partial charge in [0.25, 0.3) is 0 Å². The van der Waals surface area contributed by atoms with E-state index in [1.54, 1.807) is 38.3 Å². The Hall–Kier alpha value is -2.04. The van der Waals surface area contributed by atoms with Gasteiger partial charge in [0, 0.05) is 12.5 Å². The maximum absolute atomic E-state index is 11.6. The molecule has 1 aliphatic rings. The number of esters is 1. The van der Waals surface area contributed by atoms with E-state index in [1.807, 2.05) is 0 Å². The molecule has 1 amide bonds. The summed E-state index contributed by atoms with van der Waals surface area (Å²) in [5.74, 6) is 0.144. The van der Waals surface area contributed by atoms with Gasteiger partial charge >= 0.3 is 5.97 Å². The molecule has 2 atom stereocenters. The predicted octanol–water partition coefficient (Wildman–Crippen LogP) is 1.49. The van der Waals surface area contributed by atoms with Gasteiger partial charge < -0.3 is 9.47 Å². The average molecular weight is 249 g/mol. The Morgan fingerprint density at radius 1 is 1.33 bits per heavy atom. The van der Waals surface area contributed by atoms with Crippen LogP contribution in [0.3, 0.4) is 0 Å². The van der Waals surface area contributed by atoms with Gasteiger partial charge in [-0.2, -0.15) is 0 Å². The molecule has 0 radical (unpaired) electrons. The third-order valence-electron chi connectivity index (χ3n) is 3.00. The van der Waals surface area contributed by atoms with Crippen molar-refractivity contribution in [3.05, 3.63) is 29.8 Å². The van der Waals surface area contributed by atoms with Crippen LogP contribution in [0, 0.1) is 0 Å². The molecule has 1 heterocycles. The van der Waals surface area contributed by atoms with Crippen LogP contribution in [0.15, 0.2) is 24.3 Å². The first kappa shape index (κ1) is 12.4. The normalized spacial score (nSPS) is 22.8. The highest BCUT2D eigenvalue weighted by molar-refractivity contribution is 5.86. The molecule has 1 saturated heterocycles. The second kappa shape index (κ2) is 4.68. The minimum Gasteiger partial charge on any atom is -0.497 e. The number of carbonyl (C=O) groups excluding carboxylic acids is 2. The quantitative estimate of drug-likeness (QED) is 0.745. The van der Waals surface area contributed by atoms with Crippen LogP contribution in [0.5, 0.6) is 5.75 Å². The molecule has 18 heavy (non-hydrogen) atoms. The first-order valence-electron chi connectivity index (χ1n) is 5.68. The highest BCUT2D eigenvalue weighted by Gasteiger charge is 2.41. The largest absolute Gasteiger partial charge is 0.497 e. The van der Waals surface area contributed by atoms with Crippen molar-refractivity contribution in [2.45, 2.75) is 26.1 Å². The summed E-state index contributed by atoms with van der Waals surface area (Å²) >= 11 is 0. The summed E-state index contributed by atoms with van der Waals surface area (Å²) in [4.78, 5) is 24.6. The van der Waals surface area contributed by atoms with Crippen molar-refractivity contribution in [1.82, 2.24) is 4.90 Å². The molecule has 0 aromatic heterocycles. The predicted molar refractivity (Wildman–Crippen MR) is 63.8 cm³/mol. The first-order chi connectivity index (χ1) is 8.54. The molecule has 0 spiro atoms. The van der Waals surface area contributed by atoms with Crippen molar-refractivity contribution in [3.63, 3.8) is 0 Å². The zero-order valence-electron chi connectivity index (χ0n) is 10.5. The fraction of sp³-hybridized carbons (Fsp3) is 0.385. The summed E-state index contributed by atoms with van der Waals surface area (Å²) in [5.41, 5.74) is 0.753. The maximum Gasteiger partial charge on any atom is 0.330 e. The van der Waals surface area contributed by atoms with Gasteiger partial charge in [0.2, 0.25) is 12.1 Å². The number of ether oxygens (including phenoxy) is 2. The van der Waals surface area contributed by atoms with Crippen molar-refractivity contribution >= 4 is 11.9 Å². The van der Waals surface area contributed by atoms with E-state index in [0.29, 0.717) is 5.75 Å².